The number of carbonyl (C=O) groups is 2. The molecular formula is C45H38BrF3N2O4S2. The highest BCUT2D eigenvalue weighted by molar-refractivity contribution is 9.08. The fourth-order valence-electron chi connectivity index (χ4n) is 6.92. The topological polar surface area (TPSA) is 67.9 Å². The van der Waals surface area contributed by atoms with Gasteiger partial charge < -0.3 is 14.8 Å². The van der Waals surface area contributed by atoms with Crippen LogP contribution in [0.5, 0.6) is 0 Å². The van der Waals surface area contributed by atoms with Gasteiger partial charge in [-0.2, -0.15) is 13.2 Å². The molecule has 1 atom stereocenters. The standard InChI is InChI=1S/C45H38BrF3N2O4S2/c1-54-19-18-41(53)51(42(55-2)26-40(52)50-34-14-4-9-29(22-34)38-16-7-12-32-25-37(27-46)57-44(32)38)35-15-5-10-30(23-35)39-17-6-11-31-24-36(56-43(31)39)21-28-8-3-13-33(20-28)45(47,48)49/h3-17,20,22-25,42H,18-19,21,26-27H2,1-2H3,(H,50,52). The van der Waals surface area contributed by atoms with Crippen LogP contribution in [-0.4, -0.2) is 38.9 Å². The van der Waals surface area contributed by atoms with Gasteiger partial charge in [0.1, 0.15) is 6.23 Å². The molecule has 0 saturated heterocycles. The molecule has 292 valence electrons. The van der Waals surface area contributed by atoms with Gasteiger partial charge >= 0.3 is 6.18 Å². The van der Waals surface area contributed by atoms with Gasteiger partial charge in [0.15, 0.2) is 0 Å². The van der Waals surface area contributed by atoms with Crippen LogP contribution in [0, 0.1) is 0 Å². The first-order valence-corrected chi connectivity index (χ1v) is 20.9. The number of halogens is 4. The number of hydrogen-bond acceptors (Lipinski definition) is 6. The summed E-state index contributed by atoms with van der Waals surface area (Å²) in [7, 11) is 3.00. The van der Waals surface area contributed by atoms with Crippen LogP contribution in [0.15, 0.2) is 121 Å². The molecule has 0 aliphatic rings. The van der Waals surface area contributed by atoms with Crippen molar-refractivity contribution in [2.75, 3.05) is 31.0 Å². The summed E-state index contributed by atoms with van der Waals surface area (Å²) in [5, 5.41) is 5.92. The van der Waals surface area contributed by atoms with Crippen molar-refractivity contribution in [1.82, 2.24) is 0 Å². The van der Waals surface area contributed by atoms with Crippen LogP contribution in [0.25, 0.3) is 42.4 Å². The number of nitrogens with zero attached hydrogens (tertiary/aromatic N) is 1. The number of methoxy groups -OCH3 is 2. The minimum absolute atomic E-state index is 0.0642. The molecule has 12 heteroatoms. The minimum Gasteiger partial charge on any atom is -0.384 e. The average Bonchev–Trinajstić information content (AvgIpc) is 3.83. The molecule has 5 aromatic carbocycles. The van der Waals surface area contributed by atoms with Crippen LogP contribution in [0.3, 0.4) is 0 Å². The Morgan fingerprint density at radius 2 is 1.40 bits per heavy atom. The quantitative estimate of drug-likeness (QED) is 0.0873. The number of nitrogens with one attached hydrogen (secondary N) is 1. The number of rotatable bonds is 14. The number of amides is 2. The Hall–Kier alpha value is -4.85. The lowest BCUT2D eigenvalue weighted by molar-refractivity contribution is -0.137. The summed E-state index contributed by atoms with van der Waals surface area (Å²) in [6.45, 7) is 0.182. The van der Waals surface area contributed by atoms with Crippen molar-refractivity contribution in [2.45, 2.75) is 37.0 Å². The van der Waals surface area contributed by atoms with E-state index in [4.69, 9.17) is 9.47 Å². The Bertz CT molecular complexity index is 2550. The molecule has 0 bridgehead atoms. The van der Waals surface area contributed by atoms with Crippen molar-refractivity contribution >= 4 is 82.0 Å². The van der Waals surface area contributed by atoms with Crippen molar-refractivity contribution in [3.05, 3.63) is 142 Å². The number of anilines is 2. The Morgan fingerprint density at radius 1 is 0.772 bits per heavy atom. The number of hydrogen-bond donors (Lipinski definition) is 1. The molecule has 1 N–H and O–H groups in total. The number of carbonyl (C=O) groups excluding carboxylic acids is 2. The Balaban J connectivity index is 1.14. The lowest BCUT2D eigenvalue weighted by atomic mass is 10.0. The number of thiophene rings is 2. The lowest BCUT2D eigenvalue weighted by Crippen LogP contribution is -2.44. The molecule has 0 saturated carbocycles. The molecule has 7 aromatic rings. The highest BCUT2D eigenvalue weighted by Crippen LogP contribution is 2.39. The third-order valence-electron chi connectivity index (χ3n) is 9.56. The van der Waals surface area contributed by atoms with Gasteiger partial charge in [-0.15, -0.1) is 22.7 Å². The first-order chi connectivity index (χ1) is 27.5. The first-order valence-electron chi connectivity index (χ1n) is 18.1. The van der Waals surface area contributed by atoms with Crippen molar-refractivity contribution in [3.8, 4) is 22.3 Å². The monoisotopic (exact) mass is 870 g/mol. The lowest BCUT2D eigenvalue weighted by Gasteiger charge is -2.31. The van der Waals surface area contributed by atoms with E-state index in [-0.39, 0.29) is 31.3 Å². The van der Waals surface area contributed by atoms with E-state index in [1.54, 1.807) is 23.5 Å². The molecule has 0 spiro atoms. The van der Waals surface area contributed by atoms with Gasteiger partial charge in [0.25, 0.3) is 0 Å². The number of fused-ring (bicyclic) bond motifs is 2. The molecule has 57 heavy (non-hydrogen) atoms. The zero-order valence-electron chi connectivity index (χ0n) is 31.1. The van der Waals surface area contributed by atoms with E-state index in [2.05, 4.69) is 39.4 Å². The smallest absolute Gasteiger partial charge is 0.384 e. The van der Waals surface area contributed by atoms with E-state index in [0.29, 0.717) is 23.4 Å². The van der Waals surface area contributed by atoms with Gasteiger partial charge in [0, 0.05) is 56.5 Å². The summed E-state index contributed by atoms with van der Waals surface area (Å²) in [5.74, 6) is -0.604. The molecule has 0 radical (unpaired) electrons. The maximum Gasteiger partial charge on any atom is 0.416 e. The predicted molar refractivity (Wildman–Crippen MR) is 229 cm³/mol. The van der Waals surface area contributed by atoms with Gasteiger partial charge in [-0.05, 0) is 81.1 Å². The second-order valence-electron chi connectivity index (χ2n) is 13.5. The second-order valence-corrected chi connectivity index (χ2v) is 16.3. The molecule has 0 fully saturated rings. The Labute approximate surface area is 345 Å². The summed E-state index contributed by atoms with van der Waals surface area (Å²) in [6, 6.07) is 36.9. The molecule has 2 aromatic heterocycles. The van der Waals surface area contributed by atoms with E-state index in [9.17, 15) is 22.8 Å². The molecule has 2 heterocycles. The van der Waals surface area contributed by atoms with Crippen LogP contribution < -0.4 is 10.2 Å². The van der Waals surface area contributed by atoms with Crippen molar-refractivity contribution in [2.24, 2.45) is 0 Å². The van der Waals surface area contributed by atoms with Gasteiger partial charge in [0.2, 0.25) is 11.8 Å². The number of ether oxygens (including phenoxy) is 2. The van der Waals surface area contributed by atoms with Crippen LogP contribution >= 0.6 is 38.6 Å². The highest BCUT2D eigenvalue weighted by Gasteiger charge is 2.31. The van der Waals surface area contributed by atoms with Gasteiger partial charge in [0.05, 0.1) is 25.0 Å². The normalized spacial score (nSPS) is 12.2. The predicted octanol–water partition coefficient (Wildman–Crippen LogP) is 12.3. The summed E-state index contributed by atoms with van der Waals surface area (Å²) in [4.78, 5) is 31.2. The van der Waals surface area contributed by atoms with Crippen molar-refractivity contribution in [1.29, 1.82) is 0 Å². The molecular weight excluding hydrogens is 834 g/mol. The van der Waals surface area contributed by atoms with E-state index >= 15 is 0 Å². The van der Waals surface area contributed by atoms with E-state index < -0.39 is 18.0 Å². The highest BCUT2D eigenvalue weighted by atomic mass is 79.9. The molecule has 1 unspecified atom stereocenters. The Kier molecular flexibility index (Phi) is 12.6. The van der Waals surface area contributed by atoms with E-state index in [1.807, 2.05) is 72.8 Å². The summed E-state index contributed by atoms with van der Waals surface area (Å²) >= 11 is 6.82. The minimum atomic E-state index is -4.41. The van der Waals surface area contributed by atoms with Crippen LogP contribution in [0.4, 0.5) is 24.5 Å². The number of benzene rings is 5. The molecule has 7 rings (SSSR count). The maximum atomic E-state index is 13.9. The third kappa shape index (κ3) is 9.32. The fraction of sp³-hybridized carbons (Fsp3) is 0.200. The SMILES string of the molecule is COCCC(=O)N(c1cccc(-c2cccc3cc(Cc4cccc(C(F)(F)F)c4)sc23)c1)C(CC(=O)Nc1cccc(-c2cccc3cc(CBr)sc23)c1)OC. The molecule has 0 aliphatic carbocycles. The van der Waals surface area contributed by atoms with Crippen molar-refractivity contribution in [3.63, 3.8) is 0 Å². The number of alkyl halides is 4. The molecule has 0 aliphatic heterocycles. The van der Waals surface area contributed by atoms with E-state index in [0.717, 1.165) is 54.0 Å². The fourth-order valence-corrected chi connectivity index (χ4v) is 9.69. The summed E-state index contributed by atoms with van der Waals surface area (Å²) in [5.41, 5.74) is 4.86. The molecule has 2 amide bonds. The van der Waals surface area contributed by atoms with Crippen LogP contribution in [0.2, 0.25) is 0 Å². The second kappa shape index (κ2) is 17.7. The van der Waals surface area contributed by atoms with Gasteiger partial charge in [-0.3, -0.25) is 14.5 Å². The maximum absolute atomic E-state index is 13.9. The zero-order chi connectivity index (χ0) is 40.1. The summed E-state index contributed by atoms with van der Waals surface area (Å²) in [6.07, 6.45) is -5.07. The Morgan fingerprint density at radius 3 is 2.07 bits per heavy atom. The third-order valence-corrected chi connectivity index (χ3v) is 12.9. The van der Waals surface area contributed by atoms with Crippen molar-refractivity contribution < 1.29 is 32.2 Å². The largest absolute Gasteiger partial charge is 0.416 e. The molecule has 6 nitrogen and oxygen atoms in total. The van der Waals surface area contributed by atoms with Gasteiger partial charge in [-0.25, -0.2) is 0 Å². The van der Waals surface area contributed by atoms with Gasteiger partial charge in [-0.1, -0.05) is 94.8 Å². The first kappa shape index (κ1) is 40.4. The average molecular weight is 872 g/mol. The zero-order valence-corrected chi connectivity index (χ0v) is 34.3. The van der Waals surface area contributed by atoms with Crippen LogP contribution in [-0.2, 0) is 37.0 Å². The van der Waals surface area contributed by atoms with E-state index in [1.165, 1.54) is 52.2 Å². The van der Waals surface area contributed by atoms with Crippen LogP contribution in [0.1, 0.15) is 33.7 Å². The summed E-state index contributed by atoms with van der Waals surface area (Å²) < 4.78 is 53.4.